The van der Waals surface area contributed by atoms with Gasteiger partial charge in [0.1, 0.15) is 19.8 Å². The van der Waals surface area contributed by atoms with Gasteiger partial charge >= 0.3 is 6.11 Å². The summed E-state index contributed by atoms with van der Waals surface area (Å²) < 4.78 is 50.2. The minimum absolute atomic E-state index is 0.0807. The van der Waals surface area contributed by atoms with Crippen molar-refractivity contribution in [2.45, 2.75) is 18.3 Å². The maximum Gasteiger partial charge on any atom is 0.379 e. The Hall–Kier alpha value is -0.370. The van der Waals surface area contributed by atoms with Crippen LogP contribution in [0.2, 0.25) is 0 Å². The monoisotopic (exact) mass is 230 g/mol. The molecule has 1 fully saturated rings. The van der Waals surface area contributed by atoms with Crippen LogP contribution in [0.3, 0.4) is 0 Å². The van der Waals surface area contributed by atoms with E-state index in [-0.39, 0.29) is 26.2 Å². The number of hydrogen-bond acceptors (Lipinski definition) is 4. The molecule has 1 atom stereocenters. The van der Waals surface area contributed by atoms with Crippen molar-refractivity contribution in [1.82, 2.24) is 0 Å². The van der Waals surface area contributed by atoms with Crippen LogP contribution in [-0.2, 0) is 14.2 Å². The Morgan fingerprint density at radius 3 is 2.67 bits per heavy atom. The van der Waals surface area contributed by atoms with Crippen molar-refractivity contribution >= 4 is 0 Å². The lowest BCUT2D eigenvalue weighted by atomic mass is 10.4. The average Bonchev–Trinajstić information content (AvgIpc) is 2.83. The van der Waals surface area contributed by atoms with E-state index < -0.39 is 25.2 Å². The van der Waals surface area contributed by atoms with E-state index >= 15 is 0 Å². The van der Waals surface area contributed by atoms with Crippen LogP contribution >= 0.6 is 0 Å². The first-order valence-electron chi connectivity index (χ1n) is 4.49. The highest BCUT2D eigenvalue weighted by atomic mass is 19.3. The lowest BCUT2D eigenvalue weighted by Crippen LogP contribution is -2.31. The zero-order valence-corrected chi connectivity index (χ0v) is 8.05. The van der Waals surface area contributed by atoms with E-state index in [0.717, 1.165) is 0 Å². The lowest BCUT2D eigenvalue weighted by Gasteiger charge is -2.16. The Balaban J connectivity index is 2.06. The average molecular weight is 230 g/mol. The van der Waals surface area contributed by atoms with Crippen molar-refractivity contribution in [2.24, 2.45) is 0 Å². The van der Waals surface area contributed by atoms with E-state index in [0.29, 0.717) is 0 Å². The van der Waals surface area contributed by atoms with Crippen molar-refractivity contribution in [3.05, 3.63) is 0 Å². The minimum Gasteiger partial charge on any atom is -0.367 e. The van der Waals surface area contributed by atoms with E-state index in [1.807, 2.05) is 0 Å². The van der Waals surface area contributed by atoms with Crippen LogP contribution in [-0.4, -0.2) is 50.1 Å². The van der Waals surface area contributed by atoms with E-state index in [4.69, 9.17) is 5.11 Å². The summed E-state index contributed by atoms with van der Waals surface area (Å²) in [6, 6.07) is 0. The Labute approximate surface area is 84.9 Å². The summed E-state index contributed by atoms with van der Waals surface area (Å²) in [6.45, 7) is -2.29. The Morgan fingerprint density at radius 1 is 1.47 bits per heavy atom. The predicted molar refractivity (Wildman–Crippen MR) is 43.2 cm³/mol. The smallest absolute Gasteiger partial charge is 0.367 e. The van der Waals surface area contributed by atoms with Gasteiger partial charge in [-0.1, -0.05) is 0 Å². The molecule has 0 saturated carbocycles. The SMILES string of the molecule is OC1(COCC(F)(F)OCCCF)CO1. The second-order valence-corrected chi connectivity index (χ2v) is 3.26. The number of alkyl halides is 3. The van der Waals surface area contributed by atoms with Crippen molar-refractivity contribution in [1.29, 1.82) is 0 Å². The van der Waals surface area contributed by atoms with Crippen LogP contribution in [0.5, 0.6) is 0 Å². The van der Waals surface area contributed by atoms with E-state index in [1.165, 1.54) is 0 Å². The highest BCUT2D eigenvalue weighted by molar-refractivity contribution is 4.78. The van der Waals surface area contributed by atoms with Gasteiger partial charge in [0.25, 0.3) is 0 Å². The number of rotatable bonds is 8. The molecule has 1 heterocycles. The number of ether oxygens (including phenoxy) is 3. The molecule has 0 amide bonds. The van der Waals surface area contributed by atoms with Gasteiger partial charge in [0.15, 0.2) is 0 Å². The summed E-state index contributed by atoms with van der Waals surface area (Å²) in [5, 5.41) is 9.06. The Bertz CT molecular complexity index is 196. The molecule has 15 heavy (non-hydrogen) atoms. The zero-order chi connectivity index (χ0) is 11.4. The second kappa shape index (κ2) is 5.11. The van der Waals surface area contributed by atoms with E-state index in [1.54, 1.807) is 0 Å². The molecule has 4 nitrogen and oxygen atoms in total. The van der Waals surface area contributed by atoms with Gasteiger partial charge in [0.05, 0.1) is 13.3 Å². The van der Waals surface area contributed by atoms with Crippen molar-refractivity contribution in [2.75, 3.05) is 33.1 Å². The maximum atomic E-state index is 12.8. The topological polar surface area (TPSA) is 51.2 Å². The summed E-state index contributed by atoms with van der Waals surface area (Å²) in [6.07, 6.45) is -3.54. The van der Waals surface area contributed by atoms with E-state index in [9.17, 15) is 13.2 Å². The minimum atomic E-state index is -3.46. The standard InChI is InChI=1S/C8H13F3O4/c9-2-1-3-14-8(10,11)6-13-4-7(12)5-15-7/h12H,1-6H2. The molecule has 0 aromatic heterocycles. The number of hydrogen-bond donors (Lipinski definition) is 1. The first kappa shape index (κ1) is 12.7. The van der Waals surface area contributed by atoms with Gasteiger partial charge in [-0.05, 0) is 6.42 Å². The molecule has 1 aliphatic heterocycles. The molecule has 0 bridgehead atoms. The first-order valence-corrected chi connectivity index (χ1v) is 4.49. The fraction of sp³-hybridized carbons (Fsp3) is 1.00. The third-order valence-corrected chi connectivity index (χ3v) is 1.67. The van der Waals surface area contributed by atoms with Crippen molar-refractivity contribution in [3.63, 3.8) is 0 Å². The first-order chi connectivity index (χ1) is 6.97. The van der Waals surface area contributed by atoms with Gasteiger partial charge < -0.3 is 19.3 Å². The highest BCUT2D eigenvalue weighted by Crippen LogP contribution is 2.24. The molecule has 1 unspecified atom stereocenters. The number of aliphatic hydroxyl groups is 1. The third-order valence-electron chi connectivity index (χ3n) is 1.67. The van der Waals surface area contributed by atoms with Gasteiger partial charge in [-0.25, -0.2) is 0 Å². The number of epoxide rings is 1. The third kappa shape index (κ3) is 5.31. The molecule has 0 aromatic rings. The molecular weight excluding hydrogens is 217 g/mol. The maximum absolute atomic E-state index is 12.8. The second-order valence-electron chi connectivity index (χ2n) is 3.26. The summed E-state index contributed by atoms with van der Waals surface area (Å²) in [5.41, 5.74) is 0. The van der Waals surface area contributed by atoms with Crippen LogP contribution in [0.4, 0.5) is 13.2 Å². The fourth-order valence-electron chi connectivity index (χ4n) is 0.814. The molecule has 0 spiro atoms. The highest BCUT2D eigenvalue weighted by Gasteiger charge is 2.44. The molecule has 90 valence electrons. The van der Waals surface area contributed by atoms with Crippen LogP contribution in [0.15, 0.2) is 0 Å². The largest absolute Gasteiger partial charge is 0.379 e. The quantitative estimate of drug-likeness (QED) is 0.492. The molecule has 1 N–H and O–H groups in total. The summed E-state index contributed by atoms with van der Waals surface area (Å²) in [7, 11) is 0. The van der Waals surface area contributed by atoms with Crippen molar-refractivity contribution in [3.8, 4) is 0 Å². The fourth-order valence-corrected chi connectivity index (χ4v) is 0.814. The zero-order valence-electron chi connectivity index (χ0n) is 8.05. The normalized spacial score (nSPS) is 25.6. The van der Waals surface area contributed by atoms with Crippen LogP contribution in [0, 0.1) is 0 Å². The van der Waals surface area contributed by atoms with Crippen LogP contribution in [0.1, 0.15) is 6.42 Å². The summed E-state index contributed by atoms with van der Waals surface area (Å²) in [5.74, 6) is -1.41. The molecule has 0 aliphatic carbocycles. The van der Waals surface area contributed by atoms with Gasteiger partial charge in [0.2, 0.25) is 5.79 Å². The lowest BCUT2D eigenvalue weighted by molar-refractivity contribution is -0.268. The summed E-state index contributed by atoms with van der Waals surface area (Å²) >= 11 is 0. The predicted octanol–water partition coefficient (Wildman–Crippen LogP) is 0.691. The van der Waals surface area contributed by atoms with Gasteiger partial charge in [-0.3, -0.25) is 4.39 Å². The van der Waals surface area contributed by atoms with Gasteiger partial charge in [-0.15, -0.1) is 0 Å². The molecule has 7 heteroatoms. The van der Waals surface area contributed by atoms with Crippen LogP contribution in [0.25, 0.3) is 0 Å². The van der Waals surface area contributed by atoms with Gasteiger partial charge in [0, 0.05) is 0 Å². The molecule has 1 saturated heterocycles. The molecular formula is C8H13F3O4. The molecule has 0 aromatic carbocycles. The van der Waals surface area contributed by atoms with E-state index in [2.05, 4.69) is 14.2 Å². The van der Waals surface area contributed by atoms with Crippen molar-refractivity contribution < 1.29 is 32.5 Å². The molecule has 1 rings (SSSR count). The van der Waals surface area contributed by atoms with Crippen LogP contribution < -0.4 is 0 Å². The number of halogens is 3. The van der Waals surface area contributed by atoms with Gasteiger partial charge in [-0.2, -0.15) is 8.78 Å². The Kier molecular flexibility index (Phi) is 4.32. The molecule has 0 radical (unpaired) electrons. The molecule has 1 aliphatic rings. The summed E-state index contributed by atoms with van der Waals surface area (Å²) in [4.78, 5) is 0. The Morgan fingerprint density at radius 2 is 2.13 bits per heavy atom.